The van der Waals surface area contributed by atoms with E-state index in [1.165, 1.54) is 5.56 Å². The number of ether oxygens (including phenoxy) is 2. The van der Waals surface area contributed by atoms with Crippen LogP contribution in [0.5, 0.6) is 11.5 Å². The second kappa shape index (κ2) is 8.82. The van der Waals surface area contributed by atoms with E-state index in [4.69, 9.17) is 9.47 Å². The fourth-order valence-electron chi connectivity index (χ4n) is 3.70. The lowest BCUT2D eigenvalue weighted by Crippen LogP contribution is -2.28. The fourth-order valence-corrected chi connectivity index (χ4v) is 3.70. The average Bonchev–Trinajstić information content (AvgIpc) is 3.29. The molecule has 0 saturated carbocycles. The smallest absolute Gasteiger partial charge is 0.253 e. The molecule has 0 aromatic heterocycles. The molecule has 148 valence electrons. The highest BCUT2D eigenvalue weighted by atomic mass is 16.5. The van der Waals surface area contributed by atoms with Gasteiger partial charge in [-0.1, -0.05) is 42.5 Å². The summed E-state index contributed by atoms with van der Waals surface area (Å²) in [6.07, 6.45) is 0.987. The third-order valence-corrected chi connectivity index (χ3v) is 5.41. The lowest BCUT2D eigenvalue weighted by atomic mass is 9.98. The standard InChI is InChI=1S/C25H25NO3/c1-28-23-13-11-20(12-14-23)22-15-16-26(17-22)25(27)21-9-7-19(8-10-21)18-29-24-5-3-2-4-6-24/h2-14,22H,15-18H2,1H3. The lowest BCUT2D eigenvalue weighted by Gasteiger charge is -2.17. The van der Waals surface area contributed by atoms with Crippen molar-refractivity contribution in [2.75, 3.05) is 20.2 Å². The summed E-state index contributed by atoms with van der Waals surface area (Å²) in [6, 6.07) is 25.6. The van der Waals surface area contributed by atoms with Gasteiger partial charge in [-0.15, -0.1) is 0 Å². The number of benzene rings is 3. The van der Waals surface area contributed by atoms with E-state index in [0.29, 0.717) is 12.5 Å². The van der Waals surface area contributed by atoms with Gasteiger partial charge in [-0.25, -0.2) is 0 Å². The van der Waals surface area contributed by atoms with Crippen LogP contribution in [0.2, 0.25) is 0 Å². The summed E-state index contributed by atoms with van der Waals surface area (Å²) >= 11 is 0. The Morgan fingerprint density at radius 1 is 0.931 bits per heavy atom. The van der Waals surface area contributed by atoms with Crippen molar-refractivity contribution in [3.63, 3.8) is 0 Å². The maximum absolute atomic E-state index is 12.9. The van der Waals surface area contributed by atoms with Crippen LogP contribution in [0, 0.1) is 0 Å². The Labute approximate surface area is 171 Å². The molecule has 0 spiro atoms. The number of methoxy groups -OCH3 is 1. The largest absolute Gasteiger partial charge is 0.497 e. The van der Waals surface area contributed by atoms with E-state index in [2.05, 4.69) is 12.1 Å². The van der Waals surface area contributed by atoms with Crippen molar-refractivity contribution in [1.29, 1.82) is 0 Å². The van der Waals surface area contributed by atoms with Crippen molar-refractivity contribution in [1.82, 2.24) is 4.90 Å². The highest BCUT2D eigenvalue weighted by Crippen LogP contribution is 2.29. The van der Waals surface area contributed by atoms with Crippen LogP contribution in [0.4, 0.5) is 0 Å². The van der Waals surface area contributed by atoms with E-state index < -0.39 is 0 Å². The lowest BCUT2D eigenvalue weighted by molar-refractivity contribution is 0.0790. The van der Waals surface area contributed by atoms with Crippen LogP contribution in [-0.2, 0) is 6.61 Å². The summed E-state index contributed by atoms with van der Waals surface area (Å²) in [7, 11) is 1.67. The Hall–Kier alpha value is -3.27. The van der Waals surface area contributed by atoms with E-state index in [1.54, 1.807) is 7.11 Å². The predicted octanol–water partition coefficient (Wildman–Crippen LogP) is 4.90. The summed E-state index contributed by atoms with van der Waals surface area (Å²) < 4.78 is 11.0. The van der Waals surface area contributed by atoms with E-state index in [1.807, 2.05) is 71.6 Å². The monoisotopic (exact) mass is 387 g/mol. The number of amides is 1. The summed E-state index contributed by atoms with van der Waals surface area (Å²) in [6.45, 7) is 2.03. The van der Waals surface area contributed by atoms with E-state index in [-0.39, 0.29) is 5.91 Å². The highest BCUT2D eigenvalue weighted by Gasteiger charge is 2.27. The Morgan fingerprint density at radius 2 is 1.66 bits per heavy atom. The van der Waals surface area contributed by atoms with Crippen LogP contribution in [0.1, 0.15) is 33.8 Å². The molecule has 4 rings (SSSR count). The highest BCUT2D eigenvalue weighted by molar-refractivity contribution is 5.94. The maximum atomic E-state index is 12.9. The van der Waals surface area contributed by atoms with Gasteiger partial charge in [-0.3, -0.25) is 4.79 Å². The van der Waals surface area contributed by atoms with Crippen molar-refractivity contribution in [2.24, 2.45) is 0 Å². The van der Waals surface area contributed by atoms with Gasteiger partial charge in [0.25, 0.3) is 5.91 Å². The molecule has 29 heavy (non-hydrogen) atoms. The minimum atomic E-state index is 0.0940. The zero-order valence-corrected chi connectivity index (χ0v) is 16.6. The number of hydrogen-bond donors (Lipinski definition) is 0. The third-order valence-electron chi connectivity index (χ3n) is 5.41. The molecule has 1 aliphatic rings. The fraction of sp³-hybridized carbons (Fsp3) is 0.240. The minimum absolute atomic E-state index is 0.0940. The number of carbonyl (C=O) groups excluding carboxylic acids is 1. The van der Waals surface area contributed by atoms with E-state index in [0.717, 1.165) is 42.1 Å². The molecule has 1 atom stereocenters. The van der Waals surface area contributed by atoms with Gasteiger partial charge in [0, 0.05) is 24.6 Å². The quantitative estimate of drug-likeness (QED) is 0.604. The predicted molar refractivity (Wildman–Crippen MR) is 113 cm³/mol. The minimum Gasteiger partial charge on any atom is -0.497 e. The molecule has 4 nitrogen and oxygen atoms in total. The molecule has 3 aromatic carbocycles. The molecular formula is C25H25NO3. The van der Waals surface area contributed by atoms with Crippen molar-refractivity contribution in [2.45, 2.75) is 18.9 Å². The average molecular weight is 387 g/mol. The molecule has 0 radical (unpaired) electrons. The Bertz CT molecular complexity index is 936. The van der Waals surface area contributed by atoms with Crippen LogP contribution >= 0.6 is 0 Å². The molecule has 0 N–H and O–H groups in total. The number of carbonyl (C=O) groups is 1. The first-order valence-corrected chi connectivity index (χ1v) is 9.93. The van der Waals surface area contributed by atoms with Crippen molar-refractivity contribution in [3.8, 4) is 11.5 Å². The molecular weight excluding hydrogens is 362 g/mol. The molecule has 1 saturated heterocycles. The molecule has 4 heteroatoms. The van der Waals surface area contributed by atoms with Crippen LogP contribution in [0.15, 0.2) is 78.9 Å². The van der Waals surface area contributed by atoms with Gasteiger partial charge in [0.05, 0.1) is 7.11 Å². The molecule has 1 amide bonds. The SMILES string of the molecule is COc1ccc(C2CCN(C(=O)c3ccc(COc4ccccc4)cc3)C2)cc1. The van der Waals surface area contributed by atoms with Crippen LogP contribution in [0.3, 0.4) is 0 Å². The normalized spacial score (nSPS) is 15.9. The van der Waals surface area contributed by atoms with Crippen molar-refractivity contribution in [3.05, 3.63) is 95.6 Å². The molecule has 1 aliphatic heterocycles. The molecule has 1 heterocycles. The number of hydrogen-bond acceptors (Lipinski definition) is 3. The topological polar surface area (TPSA) is 38.8 Å². The summed E-state index contributed by atoms with van der Waals surface area (Å²) in [5.41, 5.74) is 3.03. The number of nitrogens with zero attached hydrogens (tertiary/aromatic N) is 1. The number of rotatable bonds is 6. The van der Waals surface area contributed by atoms with Crippen LogP contribution in [-0.4, -0.2) is 31.0 Å². The van der Waals surface area contributed by atoms with Crippen LogP contribution in [0.25, 0.3) is 0 Å². The maximum Gasteiger partial charge on any atom is 0.253 e. The van der Waals surface area contributed by atoms with Gasteiger partial charge in [0.15, 0.2) is 0 Å². The zero-order chi connectivity index (χ0) is 20.1. The van der Waals surface area contributed by atoms with Gasteiger partial charge < -0.3 is 14.4 Å². The first kappa shape index (κ1) is 19.1. The Kier molecular flexibility index (Phi) is 5.80. The second-order valence-electron chi connectivity index (χ2n) is 7.31. The Balaban J connectivity index is 1.34. The van der Waals surface area contributed by atoms with E-state index >= 15 is 0 Å². The summed E-state index contributed by atoms with van der Waals surface area (Å²) in [5.74, 6) is 2.17. The number of likely N-dealkylation sites (tertiary alicyclic amines) is 1. The molecule has 1 unspecified atom stereocenters. The first-order chi connectivity index (χ1) is 14.2. The van der Waals surface area contributed by atoms with Gasteiger partial charge in [-0.05, 0) is 53.9 Å². The molecule has 3 aromatic rings. The van der Waals surface area contributed by atoms with Gasteiger partial charge in [-0.2, -0.15) is 0 Å². The molecule has 0 bridgehead atoms. The van der Waals surface area contributed by atoms with Crippen molar-refractivity contribution < 1.29 is 14.3 Å². The van der Waals surface area contributed by atoms with Gasteiger partial charge in [0.1, 0.15) is 18.1 Å². The Morgan fingerprint density at radius 3 is 2.34 bits per heavy atom. The van der Waals surface area contributed by atoms with Crippen LogP contribution < -0.4 is 9.47 Å². The molecule has 1 fully saturated rings. The van der Waals surface area contributed by atoms with Gasteiger partial charge >= 0.3 is 0 Å². The summed E-state index contributed by atoms with van der Waals surface area (Å²) in [5, 5.41) is 0. The first-order valence-electron chi connectivity index (χ1n) is 9.93. The molecule has 0 aliphatic carbocycles. The number of para-hydroxylation sites is 1. The zero-order valence-electron chi connectivity index (χ0n) is 16.6. The second-order valence-corrected chi connectivity index (χ2v) is 7.31. The van der Waals surface area contributed by atoms with Gasteiger partial charge in [0.2, 0.25) is 0 Å². The summed E-state index contributed by atoms with van der Waals surface area (Å²) in [4.78, 5) is 14.8. The van der Waals surface area contributed by atoms with Crippen molar-refractivity contribution >= 4 is 5.91 Å². The third kappa shape index (κ3) is 4.60. The van der Waals surface area contributed by atoms with E-state index in [9.17, 15) is 4.79 Å².